The molecule has 0 atom stereocenters. The first kappa shape index (κ1) is 20.8. The normalized spacial score (nSPS) is 18.9. The van der Waals surface area contributed by atoms with E-state index >= 15 is 0 Å². The van der Waals surface area contributed by atoms with Gasteiger partial charge in [-0.3, -0.25) is 24.6 Å². The molecule has 2 aliphatic rings. The van der Waals surface area contributed by atoms with Crippen LogP contribution in [-0.2, 0) is 9.59 Å². The number of carbonyl (C=O) groups is 3. The zero-order valence-corrected chi connectivity index (χ0v) is 16.7. The molecule has 1 aromatic carbocycles. The fraction of sp³-hybridized carbons (Fsp3) is 0.550. The maximum absolute atomic E-state index is 13.0. The fourth-order valence-corrected chi connectivity index (χ4v) is 4.05. The van der Waals surface area contributed by atoms with E-state index in [-0.39, 0.29) is 17.3 Å². The van der Waals surface area contributed by atoms with E-state index in [1.54, 1.807) is 13.8 Å². The minimum absolute atomic E-state index is 0.0517. The maximum atomic E-state index is 13.0. The quantitative estimate of drug-likeness (QED) is 0.455. The molecule has 0 aromatic heterocycles. The Balaban J connectivity index is 1.74. The smallest absolute Gasteiger partial charge is 0.323 e. The number of rotatable bonds is 4. The standard InChI is InChI=1S/C20H26N4O5/c1-13-10-15(16(24(28)29)11-14(13)2)21-17(25)12-23-18(26)20(22-19(23)27)8-6-4-3-5-7-9-20/h10-11H,3-9,12H2,1-2H3,(H,21,25)(H,22,27). The Hall–Kier alpha value is -2.97. The largest absolute Gasteiger partial charge is 0.325 e. The highest BCUT2D eigenvalue weighted by atomic mass is 16.6. The van der Waals surface area contributed by atoms with Gasteiger partial charge in [0, 0.05) is 6.07 Å². The van der Waals surface area contributed by atoms with E-state index in [0.29, 0.717) is 12.8 Å². The number of anilines is 1. The molecule has 1 saturated carbocycles. The van der Waals surface area contributed by atoms with Crippen molar-refractivity contribution in [2.24, 2.45) is 0 Å². The van der Waals surface area contributed by atoms with E-state index in [1.807, 2.05) is 0 Å². The number of nitrogens with one attached hydrogen (secondary N) is 2. The molecule has 1 saturated heterocycles. The molecule has 2 N–H and O–H groups in total. The Kier molecular flexibility index (Phi) is 5.86. The van der Waals surface area contributed by atoms with E-state index in [2.05, 4.69) is 10.6 Å². The molecule has 1 aliphatic carbocycles. The first-order valence-corrected chi connectivity index (χ1v) is 9.93. The second-order valence-corrected chi connectivity index (χ2v) is 7.93. The van der Waals surface area contributed by atoms with Crippen LogP contribution in [0.25, 0.3) is 0 Å². The van der Waals surface area contributed by atoms with Crippen LogP contribution in [0.4, 0.5) is 16.2 Å². The molecule has 9 nitrogen and oxygen atoms in total. The van der Waals surface area contributed by atoms with Gasteiger partial charge in [-0.15, -0.1) is 0 Å². The Morgan fingerprint density at radius 2 is 1.72 bits per heavy atom. The van der Waals surface area contributed by atoms with Gasteiger partial charge in [0.25, 0.3) is 11.6 Å². The Morgan fingerprint density at radius 1 is 1.14 bits per heavy atom. The Morgan fingerprint density at radius 3 is 2.34 bits per heavy atom. The lowest BCUT2D eigenvalue weighted by Crippen LogP contribution is -2.47. The summed E-state index contributed by atoms with van der Waals surface area (Å²) in [7, 11) is 0. The average molecular weight is 402 g/mol. The van der Waals surface area contributed by atoms with Crippen molar-refractivity contribution >= 4 is 29.2 Å². The highest BCUT2D eigenvalue weighted by molar-refractivity contribution is 6.10. The van der Waals surface area contributed by atoms with Gasteiger partial charge in [-0.25, -0.2) is 4.79 Å². The Labute approximate surface area is 169 Å². The molecule has 156 valence electrons. The molecule has 1 aromatic rings. The van der Waals surface area contributed by atoms with Gasteiger partial charge < -0.3 is 10.6 Å². The molecule has 0 radical (unpaired) electrons. The monoisotopic (exact) mass is 402 g/mol. The summed E-state index contributed by atoms with van der Waals surface area (Å²) in [5, 5.41) is 16.6. The van der Waals surface area contributed by atoms with Crippen molar-refractivity contribution in [2.45, 2.75) is 64.3 Å². The first-order valence-electron chi connectivity index (χ1n) is 9.93. The van der Waals surface area contributed by atoms with Crippen molar-refractivity contribution in [3.05, 3.63) is 33.4 Å². The predicted molar refractivity (Wildman–Crippen MR) is 106 cm³/mol. The van der Waals surface area contributed by atoms with Gasteiger partial charge in [-0.05, 0) is 43.9 Å². The molecule has 29 heavy (non-hydrogen) atoms. The van der Waals surface area contributed by atoms with Crippen LogP contribution in [0.5, 0.6) is 0 Å². The molecular weight excluding hydrogens is 376 g/mol. The molecule has 9 heteroatoms. The molecule has 2 fully saturated rings. The van der Waals surface area contributed by atoms with Crippen LogP contribution in [0.3, 0.4) is 0 Å². The van der Waals surface area contributed by atoms with Gasteiger partial charge in [0.1, 0.15) is 17.8 Å². The van der Waals surface area contributed by atoms with Crippen molar-refractivity contribution in [2.75, 3.05) is 11.9 Å². The highest BCUT2D eigenvalue weighted by Crippen LogP contribution is 2.32. The number of hydrogen-bond acceptors (Lipinski definition) is 5. The minimum Gasteiger partial charge on any atom is -0.323 e. The molecule has 1 heterocycles. The van der Waals surface area contributed by atoms with Crippen LogP contribution < -0.4 is 10.6 Å². The average Bonchev–Trinajstić information content (AvgIpc) is 2.86. The van der Waals surface area contributed by atoms with Gasteiger partial charge in [-0.1, -0.05) is 32.1 Å². The topological polar surface area (TPSA) is 122 Å². The van der Waals surface area contributed by atoms with E-state index in [1.165, 1.54) is 12.1 Å². The third kappa shape index (κ3) is 4.23. The number of hydrogen-bond donors (Lipinski definition) is 2. The van der Waals surface area contributed by atoms with Crippen LogP contribution in [0.1, 0.15) is 56.1 Å². The third-order valence-electron chi connectivity index (χ3n) is 5.84. The number of nitro groups is 1. The number of carbonyl (C=O) groups excluding carboxylic acids is 3. The molecule has 1 spiro atoms. The van der Waals surface area contributed by atoms with Crippen molar-refractivity contribution in [1.82, 2.24) is 10.2 Å². The molecule has 3 rings (SSSR count). The summed E-state index contributed by atoms with van der Waals surface area (Å²) in [5.41, 5.74) is 0.417. The van der Waals surface area contributed by atoms with Crippen LogP contribution in [0, 0.1) is 24.0 Å². The summed E-state index contributed by atoms with van der Waals surface area (Å²) in [6, 6.07) is 2.33. The number of aryl methyl sites for hydroxylation is 2. The van der Waals surface area contributed by atoms with Gasteiger partial charge in [0.05, 0.1) is 4.92 Å². The fourth-order valence-electron chi connectivity index (χ4n) is 4.05. The predicted octanol–water partition coefficient (Wildman–Crippen LogP) is 3.19. The number of benzene rings is 1. The van der Waals surface area contributed by atoms with Crippen LogP contribution in [0.2, 0.25) is 0 Å². The van der Waals surface area contributed by atoms with Crippen LogP contribution >= 0.6 is 0 Å². The summed E-state index contributed by atoms with van der Waals surface area (Å²) in [4.78, 5) is 49.6. The molecule has 4 amide bonds. The van der Waals surface area contributed by atoms with Crippen molar-refractivity contribution in [3.63, 3.8) is 0 Å². The molecular formula is C20H26N4O5. The van der Waals surface area contributed by atoms with Gasteiger partial charge in [0.2, 0.25) is 5.91 Å². The maximum Gasteiger partial charge on any atom is 0.325 e. The summed E-state index contributed by atoms with van der Waals surface area (Å²) in [6.45, 7) is 3.05. The number of imide groups is 1. The molecule has 1 aliphatic heterocycles. The lowest BCUT2D eigenvalue weighted by atomic mass is 9.84. The summed E-state index contributed by atoms with van der Waals surface area (Å²) < 4.78 is 0. The summed E-state index contributed by atoms with van der Waals surface area (Å²) in [6.07, 6.45) is 5.99. The van der Waals surface area contributed by atoms with Gasteiger partial charge in [-0.2, -0.15) is 0 Å². The lowest BCUT2D eigenvalue weighted by Gasteiger charge is -2.28. The van der Waals surface area contributed by atoms with E-state index in [9.17, 15) is 24.5 Å². The zero-order chi connectivity index (χ0) is 21.2. The number of urea groups is 1. The van der Waals surface area contributed by atoms with Gasteiger partial charge >= 0.3 is 6.03 Å². The third-order valence-corrected chi connectivity index (χ3v) is 5.84. The minimum atomic E-state index is -0.926. The van der Waals surface area contributed by atoms with Gasteiger partial charge in [0.15, 0.2) is 0 Å². The second-order valence-electron chi connectivity index (χ2n) is 7.93. The van der Waals surface area contributed by atoms with Crippen molar-refractivity contribution in [3.8, 4) is 0 Å². The lowest BCUT2D eigenvalue weighted by molar-refractivity contribution is -0.384. The molecule has 0 unspecified atom stereocenters. The number of nitro benzene ring substituents is 1. The summed E-state index contributed by atoms with van der Waals surface area (Å²) in [5.74, 6) is -1.03. The van der Waals surface area contributed by atoms with Crippen LogP contribution in [0.15, 0.2) is 12.1 Å². The number of amides is 4. The number of nitrogens with zero attached hydrogens (tertiary/aromatic N) is 2. The van der Waals surface area contributed by atoms with E-state index < -0.39 is 28.9 Å². The SMILES string of the molecule is Cc1cc(NC(=O)CN2C(=O)NC3(CCCCCCC3)C2=O)c([N+](=O)[O-])cc1C. The van der Waals surface area contributed by atoms with Crippen molar-refractivity contribution in [1.29, 1.82) is 0 Å². The molecule has 0 bridgehead atoms. The van der Waals surface area contributed by atoms with E-state index in [0.717, 1.165) is 48.1 Å². The highest BCUT2D eigenvalue weighted by Gasteiger charge is 2.50. The zero-order valence-electron chi connectivity index (χ0n) is 16.7. The van der Waals surface area contributed by atoms with Crippen LogP contribution in [-0.4, -0.2) is 39.8 Å². The first-order chi connectivity index (χ1) is 13.7. The van der Waals surface area contributed by atoms with E-state index in [4.69, 9.17) is 0 Å². The summed E-state index contributed by atoms with van der Waals surface area (Å²) >= 11 is 0. The van der Waals surface area contributed by atoms with Crippen molar-refractivity contribution < 1.29 is 19.3 Å². The Bertz CT molecular complexity index is 859. The second kappa shape index (κ2) is 8.18.